The first-order chi connectivity index (χ1) is 6.18. The lowest BCUT2D eigenvalue weighted by atomic mass is 10.2. The zero-order chi connectivity index (χ0) is 9.68. The fourth-order valence-electron chi connectivity index (χ4n) is 0.709. The highest BCUT2D eigenvalue weighted by Gasteiger charge is 1.91. The molecule has 0 amide bonds. The van der Waals surface area contributed by atoms with Crippen molar-refractivity contribution in [2.75, 3.05) is 0 Å². The van der Waals surface area contributed by atoms with Crippen LogP contribution in [-0.4, -0.2) is 12.3 Å². The van der Waals surface area contributed by atoms with Gasteiger partial charge in [0.2, 0.25) is 0 Å². The summed E-state index contributed by atoms with van der Waals surface area (Å²) in [6.07, 6.45) is 2.89. The summed E-state index contributed by atoms with van der Waals surface area (Å²) < 4.78 is 1.04. The van der Waals surface area contributed by atoms with Crippen molar-refractivity contribution >= 4 is 22.1 Å². The molecule has 0 heterocycles. The predicted octanol–water partition coefficient (Wildman–Crippen LogP) is 3.09. The van der Waals surface area contributed by atoms with Gasteiger partial charge in [0.25, 0.3) is 0 Å². The smallest absolute Gasteiger partial charge is 0.139 e. The molecule has 0 aliphatic carbocycles. The zero-order valence-corrected chi connectivity index (χ0v) is 9.21. The maximum Gasteiger partial charge on any atom is 0.139 e. The van der Waals surface area contributed by atoms with Gasteiger partial charge in [0.15, 0.2) is 0 Å². The molecule has 1 rings (SSSR count). The fraction of sp³-hybridized carbons (Fsp3) is 0.300. The average Bonchev–Trinajstić information content (AvgIpc) is 2.08. The third-order valence-corrected chi connectivity index (χ3v) is 1.81. The number of benzene rings is 1. The fourth-order valence-corrected chi connectivity index (χ4v) is 0.973. The minimum atomic E-state index is 0.1000. The highest BCUT2D eigenvalue weighted by molar-refractivity contribution is 9.10. The van der Waals surface area contributed by atoms with Gasteiger partial charge in [0.05, 0.1) is 0 Å². The second kappa shape index (κ2) is 5.02. The summed E-state index contributed by atoms with van der Waals surface area (Å²) in [4.78, 5) is 4.98. The van der Waals surface area contributed by atoms with Crippen LogP contribution < -0.4 is 0 Å². The van der Waals surface area contributed by atoms with Crippen LogP contribution in [0.4, 0.5) is 0 Å². The van der Waals surface area contributed by atoms with Crippen molar-refractivity contribution in [2.24, 2.45) is 5.16 Å². The van der Waals surface area contributed by atoms with Crippen molar-refractivity contribution in [3.63, 3.8) is 0 Å². The lowest BCUT2D eigenvalue weighted by Gasteiger charge is -1.99. The Kier molecular flexibility index (Phi) is 3.96. The van der Waals surface area contributed by atoms with Gasteiger partial charge in [-0.05, 0) is 26.0 Å². The molecule has 0 bridgehead atoms. The van der Waals surface area contributed by atoms with Crippen molar-refractivity contribution < 1.29 is 4.84 Å². The number of hydrogen-bond donors (Lipinski definition) is 0. The molecule has 13 heavy (non-hydrogen) atoms. The lowest BCUT2D eigenvalue weighted by molar-refractivity contribution is 0.0874. The Morgan fingerprint density at radius 1 is 1.31 bits per heavy atom. The quantitative estimate of drug-likeness (QED) is 0.588. The number of rotatable bonds is 3. The summed E-state index contributed by atoms with van der Waals surface area (Å²) in [6, 6.07) is 7.70. The van der Waals surface area contributed by atoms with E-state index in [1.54, 1.807) is 0 Å². The molecule has 1 aromatic carbocycles. The van der Waals surface area contributed by atoms with Crippen LogP contribution >= 0.6 is 15.9 Å². The summed E-state index contributed by atoms with van der Waals surface area (Å²) >= 11 is 3.35. The first kappa shape index (κ1) is 10.3. The Morgan fingerprint density at radius 3 is 2.46 bits per heavy atom. The molecule has 0 spiro atoms. The molecule has 0 aromatic heterocycles. The van der Waals surface area contributed by atoms with Crippen molar-refractivity contribution in [3.8, 4) is 0 Å². The molecule has 0 saturated heterocycles. The lowest BCUT2D eigenvalue weighted by Crippen LogP contribution is -1.95. The standard InChI is InChI=1S/C10H11BrNO/c1-8(2)13-12-7-9-3-5-10(11)6-4-9/h3-6,8H,1-2H3. The van der Waals surface area contributed by atoms with Crippen molar-refractivity contribution in [2.45, 2.75) is 20.0 Å². The summed E-state index contributed by atoms with van der Waals surface area (Å²) in [7, 11) is 0. The van der Waals surface area contributed by atoms with E-state index in [0.29, 0.717) is 0 Å². The van der Waals surface area contributed by atoms with Crippen LogP contribution in [0.2, 0.25) is 0 Å². The van der Waals surface area contributed by atoms with Gasteiger partial charge in [-0.3, -0.25) is 0 Å². The van der Waals surface area contributed by atoms with Crippen LogP contribution in [0.5, 0.6) is 0 Å². The SMILES string of the molecule is CC(C)O/N=[C]/c1ccc(Br)cc1. The minimum Gasteiger partial charge on any atom is -0.393 e. The van der Waals surface area contributed by atoms with Gasteiger partial charge in [-0.25, -0.2) is 0 Å². The van der Waals surface area contributed by atoms with Gasteiger partial charge < -0.3 is 4.84 Å². The Hall–Kier alpha value is -0.830. The van der Waals surface area contributed by atoms with E-state index in [1.807, 2.05) is 38.1 Å². The summed E-state index contributed by atoms with van der Waals surface area (Å²) in [5.41, 5.74) is 0.906. The number of hydrogen-bond acceptors (Lipinski definition) is 2. The van der Waals surface area contributed by atoms with Crippen molar-refractivity contribution in [1.29, 1.82) is 0 Å². The molecule has 0 unspecified atom stereocenters. The van der Waals surface area contributed by atoms with E-state index in [2.05, 4.69) is 27.3 Å². The average molecular weight is 241 g/mol. The summed E-state index contributed by atoms with van der Waals surface area (Å²) in [5, 5.41) is 3.71. The van der Waals surface area contributed by atoms with Crippen molar-refractivity contribution in [1.82, 2.24) is 0 Å². The number of nitrogens with zero attached hydrogens (tertiary/aromatic N) is 1. The molecule has 2 nitrogen and oxygen atoms in total. The first-order valence-electron chi connectivity index (χ1n) is 4.06. The van der Waals surface area contributed by atoms with E-state index >= 15 is 0 Å². The predicted molar refractivity (Wildman–Crippen MR) is 56.9 cm³/mol. The van der Waals surface area contributed by atoms with Gasteiger partial charge in [-0.15, -0.1) is 0 Å². The molecule has 1 radical (unpaired) electrons. The normalized spacial score (nSPS) is 11.1. The highest BCUT2D eigenvalue weighted by Crippen LogP contribution is 2.09. The third-order valence-electron chi connectivity index (χ3n) is 1.28. The van der Waals surface area contributed by atoms with Crippen molar-refractivity contribution in [3.05, 3.63) is 34.3 Å². The monoisotopic (exact) mass is 240 g/mol. The van der Waals surface area contributed by atoms with E-state index in [9.17, 15) is 0 Å². The molecular weight excluding hydrogens is 230 g/mol. The first-order valence-corrected chi connectivity index (χ1v) is 4.85. The molecule has 0 aliphatic heterocycles. The van der Waals surface area contributed by atoms with Gasteiger partial charge in [-0.2, -0.15) is 0 Å². The molecule has 1 aromatic rings. The Balaban J connectivity index is 2.54. The molecule has 0 aliphatic rings. The van der Waals surface area contributed by atoms with E-state index in [0.717, 1.165) is 10.0 Å². The zero-order valence-electron chi connectivity index (χ0n) is 7.62. The Morgan fingerprint density at radius 2 is 1.92 bits per heavy atom. The van der Waals surface area contributed by atoms with Crippen LogP contribution in [0, 0.1) is 0 Å². The van der Waals surface area contributed by atoms with E-state index in [1.165, 1.54) is 0 Å². The summed E-state index contributed by atoms with van der Waals surface area (Å²) in [5.74, 6) is 0. The maximum absolute atomic E-state index is 4.98. The second-order valence-corrected chi connectivity index (χ2v) is 3.78. The van der Waals surface area contributed by atoms with Gasteiger partial charge in [0, 0.05) is 10.0 Å². The molecule has 0 atom stereocenters. The van der Waals surface area contributed by atoms with Crippen LogP contribution in [-0.2, 0) is 4.84 Å². The largest absolute Gasteiger partial charge is 0.393 e. The second-order valence-electron chi connectivity index (χ2n) is 2.86. The molecular formula is C10H11BrNO. The topological polar surface area (TPSA) is 21.6 Å². The highest BCUT2D eigenvalue weighted by atomic mass is 79.9. The third kappa shape index (κ3) is 4.08. The van der Waals surface area contributed by atoms with E-state index in [4.69, 9.17) is 4.84 Å². The summed E-state index contributed by atoms with van der Waals surface area (Å²) in [6.45, 7) is 3.85. The molecule has 0 saturated carbocycles. The van der Waals surface area contributed by atoms with Crippen LogP contribution in [0.3, 0.4) is 0 Å². The van der Waals surface area contributed by atoms with E-state index in [-0.39, 0.29) is 6.10 Å². The molecule has 0 N–H and O–H groups in total. The molecule has 0 fully saturated rings. The van der Waals surface area contributed by atoms with Gasteiger partial charge in [-0.1, -0.05) is 33.2 Å². The number of halogens is 1. The molecule has 3 heteroatoms. The van der Waals surface area contributed by atoms with Crippen LogP contribution in [0.15, 0.2) is 33.9 Å². The Bertz CT molecular complexity index is 279. The van der Waals surface area contributed by atoms with Gasteiger partial charge in [0.1, 0.15) is 12.3 Å². The maximum atomic E-state index is 4.98. The minimum absolute atomic E-state index is 0.1000. The van der Waals surface area contributed by atoms with E-state index < -0.39 is 0 Å². The Labute approximate surface area is 86.7 Å². The van der Waals surface area contributed by atoms with Gasteiger partial charge >= 0.3 is 0 Å². The van der Waals surface area contributed by atoms with Crippen LogP contribution in [0.1, 0.15) is 19.4 Å². The van der Waals surface area contributed by atoms with Crippen LogP contribution in [0.25, 0.3) is 0 Å². The molecule has 69 valence electrons.